The molecule has 0 aliphatic rings. The fraction of sp³-hybridized carbons (Fsp3) is 0.375. The van der Waals surface area contributed by atoms with Crippen LogP contribution in [-0.2, 0) is 15.1 Å². The van der Waals surface area contributed by atoms with Gasteiger partial charge in [-0.3, -0.25) is 14.4 Å². The molecule has 2 aromatic rings. The average molecular weight is 518 g/mol. The number of nitrogens with one attached hydrogen (secondary N) is 1. The van der Waals surface area contributed by atoms with E-state index in [9.17, 15) is 40.7 Å². The fourth-order valence-electron chi connectivity index (χ4n) is 3.37. The molecule has 0 aliphatic heterocycles. The third-order valence-corrected chi connectivity index (χ3v) is 5.19. The van der Waals surface area contributed by atoms with Crippen molar-refractivity contribution in [3.05, 3.63) is 65.2 Å². The smallest absolute Gasteiger partial charge is 0.416 e. The largest absolute Gasteiger partial charge is 0.494 e. The number of aryl methyl sites for hydroxylation is 1. The molecule has 6 nitrogen and oxygen atoms in total. The number of ether oxygens (including phenoxy) is 1. The van der Waals surface area contributed by atoms with Gasteiger partial charge in [0.1, 0.15) is 12.2 Å². The minimum atomic E-state index is -5.20. The highest BCUT2D eigenvalue weighted by atomic mass is 19.4. The lowest BCUT2D eigenvalue weighted by Gasteiger charge is -2.36. The van der Waals surface area contributed by atoms with E-state index in [1.54, 1.807) is 24.4 Å². The van der Waals surface area contributed by atoms with Crippen molar-refractivity contribution in [1.82, 2.24) is 5.32 Å². The van der Waals surface area contributed by atoms with Gasteiger partial charge in [0.25, 0.3) is 0 Å². The number of benzene rings is 2. The van der Waals surface area contributed by atoms with E-state index in [4.69, 9.17) is 10.5 Å². The average Bonchev–Trinajstić information content (AvgIpc) is 2.75. The number of rotatable bonds is 11. The maximum Gasteiger partial charge on any atom is 0.416 e. The standard InChI is InChI=1S/C24H24F6N2O4/c1-15-3-5-16(6-4-15)19(33)14-22(24(28,29)30,32-21(35)13-20(31)34)17-7-9-18(10-8-17)36-12-2-11-23(25,26)27/h3-10H,2,11-14H2,1H3,(H2,31,34)(H,32,35). The van der Waals surface area contributed by atoms with Crippen LogP contribution in [0.1, 0.15) is 47.2 Å². The van der Waals surface area contributed by atoms with Crippen molar-refractivity contribution >= 4 is 17.6 Å². The Hall–Kier alpha value is -3.57. The first-order chi connectivity index (χ1) is 16.6. The number of Topliss-reactive ketones (excluding diaryl/α,β-unsaturated/α-hetero) is 1. The van der Waals surface area contributed by atoms with Gasteiger partial charge in [0.2, 0.25) is 11.8 Å². The summed E-state index contributed by atoms with van der Waals surface area (Å²) in [6.45, 7) is 1.40. The van der Waals surface area contributed by atoms with Crippen molar-refractivity contribution in [3.63, 3.8) is 0 Å². The van der Waals surface area contributed by atoms with Gasteiger partial charge >= 0.3 is 12.4 Å². The highest BCUT2D eigenvalue weighted by Gasteiger charge is 2.58. The van der Waals surface area contributed by atoms with Crippen LogP contribution in [0.15, 0.2) is 48.5 Å². The molecule has 2 rings (SSSR count). The van der Waals surface area contributed by atoms with Gasteiger partial charge in [-0.15, -0.1) is 0 Å². The van der Waals surface area contributed by atoms with E-state index in [2.05, 4.69) is 0 Å². The molecule has 0 heterocycles. The number of amides is 2. The molecule has 2 aromatic carbocycles. The first-order valence-electron chi connectivity index (χ1n) is 10.7. The Morgan fingerprint density at radius 1 is 0.917 bits per heavy atom. The normalized spacial score (nSPS) is 13.5. The summed E-state index contributed by atoms with van der Waals surface area (Å²) in [7, 11) is 0. The van der Waals surface area contributed by atoms with E-state index < -0.39 is 60.3 Å². The van der Waals surface area contributed by atoms with E-state index >= 15 is 0 Å². The highest BCUT2D eigenvalue weighted by Crippen LogP contribution is 2.43. The summed E-state index contributed by atoms with van der Waals surface area (Å²) in [6.07, 6.45) is -13.3. The number of primary amides is 1. The van der Waals surface area contributed by atoms with Crippen LogP contribution in [0.25, 0.3) is 0 Å². The minimum absolute atomic E-state index is 0.00896. The molecule has 1 unspecified atom stereocenters. The maximum absolute atomic E-state index is 14.5. The van der Waals surface area contributed by atoms with Crippen LogP contribution in [0.2, 0.25) is 0 Å². The Kier molecular flexibility index (Phi) is 9.11. The number of hydrogen-bond acceptors (Lipinski definition) is 4. The second kappa shape index (κ2) is 11.4. The number of ketones is 1. The number of carbonyl (C=O) groups is 3. The summed E-state index contributed by atoms with van der Waals surface area (Å²) in [5.74, 6) is -3.45. The number of halogens is 6. The molecule has 2 amide bonds. The SMILES string of the molecule is Cc1ccc(C(=O)CC(NC(=O)CC(N)=O)(c2ccc(OCCCC(F)(F)F)cc2)C(F)(F)F)cc1. The Morgan fingerprint density at radius 3 is 2.00 bits per heavy atom. The van der Waals surface area contributed by atoms with E-state index in [1.165, 1.54) is 12.1 Å². The topological polar surface area (TPSA) is 98.5 Å². The third kappa shape index (κ3) is 7.99. The Bertz CT molecular complexity index is 1070. The lowest BCUT2D eigenvalue weighted by molar-refractivity contribution is -0.202. The van der Waals surface area contributed by atoms with Crippen LogP contribution in [0.3, 0.4) is 0 Å². The van der Waals surface area contributed by atoms with Crippen LogP contribution in [-0.4, -0.2) is 36.6 Å². The van der Waals surface area contributed by atoms with Crippen molar-refractivity contribution < 1.29 is 45.5 Å². The number of hydrogen-bond donors (Lipinski definition) is 2. The molecule has 3 N–H and O–H groups in total. The summed E-state index contributed by atoms with van der Waals surface area (Å²) in [6, 6.07) is 9.83. The third-order valence-electron chi connectivity index (χ3n) is 5.19. The van der Waals surface area contributed by atoms with Crippen LogP contribution in [0.5, 0.6) is 5.75 Å². The molecule has 0 saturated carbocycles. The van der Waals surface area contributed by atoms with E-state index in [1.807, 2.05) is 0 Å². The number of carbonyl (C=O) groups excluding carboxylic acids is 3. The molecule has 196 valence electrons. The molecule has 0 aromatic heterocycles. The van der Waals surface area contributed by atoms with E-state index in [-0.39, 0.29) is 24.3 Å². The molecule has 0 fully saturated rings. The van der Waals surface area contributed by atoms with E-state index in [0.29, 0.717) is 0 Å². The molecule has 0 saturated heterocycles. The molecule has 36 heavy (non-hydrogen) atoms. The van der Waals surface area contributed by atoms with Gasteiger partial charge in [0.05, 0.1) is 6.61 Å². The summed E-state index contributed by atoms with van der Waals surface area (Å²) >= 11 is 0. The van der Waals surface area contributed by atoms with Gasteiger partial charge in [-0.05, 0) is 31.0 Å². The summed E-state index contributed by atoms with van der Waals surface area (Å²) in [5.41, 5.74) is 1.91. The van der Waals surface area contributed by atoms with Gasteiger partial charge in [0.15, 0.2) is 11.3 Å². The lowest BCUT2D eigenvalue weighted by atomic mass is 9.82. The Morgan fingerprint density at radius 2 is 1.50 bits per heavy atom. The molecule has 0 spiro atoms. The second-order valence-electron chi connectivity index (χ2n) is 8.15. The van der Waals surface area contributed by atoms with Crippen molar-refractivity contribution in [2.75, 3.05) is 6.61 Å². The quantitative estimate of drug-likeness (QED) is 0.194. The summed E-state index contributed by atoms with van der Waals surface area (Å²) in [5, 5.41) is 1.77. The number of alkyl halides is 6. The van der Waals surface area contributed by atoms with E-state index in [0.717, 1.165) is 29.8 Å². The van der Waals surface area contributed by atoms with Crippen LogP contribution in [0, 0.1) is 6.92 Å². The summed E-state index contributed by atoms with van der Waals surface area (Å²) < 4.78 is 85.5. The molecular formula is C24H24F6N2O4. The lowest BCUT2D eigenvalue weighted by Crippen LogP contribution is -2.57. The molecule has 12 heteroatoms. The zero-order chi connectivity index (χ0) is 27.1. The predicted molar refractivity (Wildman–Crippen MR) is 117 cm³/mol. The molecule has 0 radical (unpaired) electrons. The van der Waals surface area contributed by atoms with Gasteiger partial charge in [-0.1, -0.05) is 42.0 Å². The van der Waals surface area contributed by atoms with Crippen LogP contribution in [0.4, 0.5) is 26.3 Å². The molecule has 0 aliphatic carbocycles. The molecule has 1 atom stereocenters. The van der Waals surface area contributed by atoms with Crippen LogP contribution < -0.4 is 15.8 Å². The Balaban J connectivity index is 2.40. The van der Waals surface area contributed by atoms with Gasteiger partial charge in [0, 0.05) is 18.4 Å². The van der Waals surface area contributed by atoms with Crippen molar-refractivity contribution in [1.29, 1.82) is 0 Å². The first kappa shape index (κ1) is 28.7. The zero-order valence-corrected chi connectivity index (χ0v) is 19.1. The van der Waals surface area contributed by atoms with Crippen molar-refractivity contribution in [2.45, 2.75) is 50.5 Å². The zero-order valence-electron chi connectivity index (χ0n) is 19.1. The van der Waals surface area contributed by atoms with Gasteiger partial charge in [-0.2, -0.15) is 26.3 Å². The monoisotopic (exact) mass is 518 g/mol. The van der Waals surface area contributed by atoms with Gasteiger partial charge in [-0.25, -0.2) is 0 Å². The summed E-state index contributed by atoms with van der Waals surface area (Å²) in [4.78, 5) is 36.2. The van der Waals surface area contributed by atoms with Gasteiger partial charge < -0.3 is 15.8 Å². The maximum atomic E-state index is 14.5. The second-order valence-corrected chi connectivity index (χ2v) is 8.15. The first-order valence-corrected chi connectivity index (χ1v) is 10.7. The van der Waals surface area contributed by atoms with Crippen LogP contribution >= 0.6 is 0 Å². The fourth-order valence-corrected chi connectivity index (χ4v) is 3.37. The van der Waals surface area contributed by atoms with Crippen molar-refractivity contribution in [3.8, 4) is 5.75 Å². The highest BCUT2D eigenvalue weighted by molar-refractivity contribution is 5.99. The minimum Gasteiger partial charge on any atom is -0.494 e. The molecular weight excluding hydrogens is 494 g/mol. The molecule has 0 bridgehead atoms. The predicted octanol–water partition coefficient (Wildman–Crippen LogP) is 4.74. The Labute approximate surface area is 202 Å². The van der Waals surface area contributed by atoms with Crippen molar-refractivity contribution in [2.24, 2.45) is 5.73 Å². The number of nitrogens with two attached hydrogens (primary N) is 1.